The molecule has 1 amide bonds. The molecule has 152 valence electrons. The van der Waals surface area contributed by atoms with E-state index in [1.807, 2.05) is 37.5 Å². The van der Waals surface area contributed by atoms with E-state index < -0.39 is 0 Å². The molecule has 0 aliphatic heterocycles. The molecule has 0 unspecified atom stereocenters. The van der Waals surface area contributed by atoms with E-state index in [9.17, 15) is 4.79 Å². The fourth-order valence-electron chi connectivity index (χ4n) is 3.79. The summed E-state index contributed by atoms with van der Waals surface area (Å²) in [5.41, 5.74) is 2.37. The van der Waals surface area contributed by atoms with Crippen molar-refractivity contribution in [3.63, 3.8) is 0 Å². The van der Waals surface area contributed by atoms with Crippen molar-refractivity contribution in [3.8, 4) is 0 Å². The number of rotatable bonds is 8. The fraction of sp³-hybridized carbons (Fsp3) is 0.409. The van der Waals surface area contributed by atoms with Crippen molar-refractivity contribution in [1.29, 1.82) is 0 Å². The molecule has 4 rings (SSSR count). The summed E-state index contributed by atoms with van der Waals surface area (Å²) >= 11 is 1.47. The predicted molar refractivity (Wildman–Crippen MR) is 115 cm³/mol. The number of carbonyl (C=O) groups excluding carboxylic acids is 1. The molecule has 1 aliphatic rings. The third kappa shape index (κ3) is 5.09. The average Bonchev–Trinajstić information content (AvgIpc) is 3.46. The van der Waals surface area contributed by atoms with E-state index >= 15 is 0 Å². The van der Waals surface area contributed by atoms with Gasteiger partial charge in [0.15, 0.2) is 5.16 Å². The molecule has 0 bridgehead atoms. The summed E-state index contributed by atoms with van der Waals surface area (Å²) in [5, 5.41) is 12.8. The maximum absolute atomic E-state index is 12.4. The second kappa shape index (κ2) is 9.31. The Kier molecular flexibility index (Phi) is 6.34. The van der Waals surface area contributed by atoms with Crippen LogP contribution in [0.4, 0.5) is 0 Å². The highest BCUT2D eigenvalue weighted by molar-refractivity contribution is 7.99. The SMILES string of the molecule is Cn1cccc1Cc1nnc(SCC(=O)NC2CCCC2)n1Cc1ccccc1. The molecule has 6 nitrogen and oxygen atoms in total. The van der Waals surface area contributed by atoms with Crippen LogP contribution in [0.15, 0.2) is 53.8 Å². The van der Waals surface area contributed by atoms with E-state index in [0.29, 0.717) is 24.8 Å². The van der Waals surface area contributed by atoms with Crippen molar-refractivity contribution in [3.05, 3.63) is 65.7 Å². The van der Waals surface area contributed by atoms with Gasteiger partial charge in [0.2, 0.25) is 5.91 Å². The first-order valence-electron chi connectivity index (χ1n) is 10.2. The lowest BCUT2D eigenvalue weighted by molar-refractivity contribution is -0.119. The van der Waals surface area contributed by atoms with E-state index in [4.69, 9.17) is 0 Å². The third-order valence-corrected chi connectivity index (χ3v) is 6.39. The Hall–Kier alpha value is -2.54. The third-order valence-electron chi connectivity index (χ3n) is 5.42. The van der Waals surface area contributed by atoms with Crippen LogP contribution in [0.2, 0.25) is 0 Å². The zero-order chi connectivity index (χ0) is 20.1. The minimum Gasteiger partial charge on any atom is -0.354 e. The highest BCUT2D eigenvalue weighted by Crippen LogP contribution is 2.22. The summed E-state index contributed by atoms with van der Waals surface area (Å²) < 4.78 is 4.24. The van der Waals surface area contributed by atoms with Crippen LogP contribution in [0.25, 0.3) is 0 Å². The summed E-state index contributed by atoms with van der Waals surface area (Å²) in [5.74, 6) is 1.36. The van der Waals surface area contributed by atoms with E-state index in [1.54, 1.807) is 0 Å². The maximum atomic E-state index is 12.4. The molecule has 0 saturated heterocycles. The Labute approximate surface area is 175 Å². The Morgan fingerprint density at radius 2 is 1.93 bits per heavy atom. The lowest BCUT2D eigenvalue weighted by Crippen LogP contribution is -2.33. The average molecular weight is 410 g/mol. The molecule has 0 radical (unpaired) electrons. The van der Waals surface area contributed by atoms with Gasteiger partial charge in [0.1, 0.15) is 5.82 Å². The summed E-state index contributed by atoms with van der Waals surface area (Å²) in [4.78, 5) is 12.4. The molecule has 1 saturated carbocycles. The zero-order valence-electron chi connectivity index (χ0n) is 16.8. The van der Waals surface area contributed by atoms with Crippen molar-refractivity contribution < 1.29 is 4.79 Å². The molecule has 1 fully saturated rings. The predicted octanol–water partition coefficient (Wildman–Crippen LogP) is 3.41. The molecule has 1 N–H and O–H groups in total. The topological polar surface area (TPSA) is 64.7 Å². The molecule has 2 heterocycles. The molecule has 2 aromatic heterocycles. The first-order chi connectivity index (χ1) is 14.2. The number of nitrogens with zero attached hydrogens (tertiary/aromatic N) is 4. The Morgan fingerprint density at radius 3 is 2.66 bits per heavy atom. The Bertz CT molecular complexity index is 943. The second-order valence-corrected chi connectivity index (χ2v) is 8.54. The summed E-state index contributed by atoms with van der Waals surface area (Å²) in [6.45, 7) is 0.695. The van der Waals surface area contributed by atoms with E-state index in [-0.39, 0.29) is 5.91 Å². The summed E-state index contributed by atoms with van der Waals surface area (Å²) in [6, 6.07) is 14.8. The molecule has 1 aromatic carbocycles. The van der Waals surface area contributed by atoms with Crippen molar-refractivity contribution in [2.24, 2.45) is 7.05 Å². The van der Waals surface area contributed by atoms with Crippen LogP contribution in [-0.2, 0) is 24.8 Å². The van der Waals surface area contributed by atoms with E-state index in [1.165, 1.54) is 35.9 Å². The molecular formula is C22H27N5OS. The van der Waals surface area contributed by atoms with Gasteiger partial charge < -0.3 is 14.5 Å². The smallest absolute Gasteiger partial charge is 0.230 e. The largest absolute Gasteiger partial charge is 0.354 e. The number of amides is 1. The van der Waals surface area contributed by atoms with Crippen molar-refractivity contribution in [2.45, 2.75) is 49.8 Å². The number of nitrogens with one attached hydrogen (secondary N) is 1. The highest BCUT2D eigenvalue weighted by Gasteiger charge is 2.19. The molecule has 29 heavy (non-hydrogen) atoms. The fourth-order valence-corrected chi connectivity index (χ4v) is 4.56. The van der Waals surface area contributed by atoms with Gasteiger partial charge in [-0.1, -0.05) is 54.9 Å². The van der Waals surface area contributed by atoms with Crippen LogP contribution in [0, 0.1) is 0 Å². The van der Waals surface area contributed by atoms with Gasteiger partial charge in [-0.05, 0) is 30.5 Å². The molecule has 0 spiro atoms. The summed E-state index contributed by atoms with van der Waals surface area (Å²) in [7, 11) is 2.04. The van der Waals surface area contributed by atoms with Gasteiger partial charge in [0.25, 0.3) is 0 Å². The van der Waals surface area contributed by atoms with Crippen LogP contribution in [0.5, 0.6) is 0 Å². The summed E-state index contributed by atoms with van der Waals surface area (Å²) in [6.07, 6.45) is 7.37. The van der Waals surface area contributed by atoms with Gasteiger partial charge in [0.05, 0.1) is 12.3 Å². The number of aryl methyl sites for hydroxylation is 1. The number of aromatic nitrogens is 4. The van der Waals surface area contributed by atoms with E-state index in [0.717, 1.165) is 23.8 Å². The number of hydrogen-bond acceptors (Lipinski definition) is 4. The molecule has 1 aliphatic carbocycles. The van der Waals surface area contributed by atoms with Crippen LogP contribution in [-0.4, -0.2) is 37.0 Å². The zero-order valence-corrected chi connectivity index (χ0v) is 17.6. The number of benzene rings is 1. The number of carbonyl (C=O) groups is 1. The Balaban J connectivity index is 1.49. The van der Waals surface area contributed by atoms with Crippen LogP contribution in [0.1, 0.15) is 42.8 Å². The second-order valence-electron chi connectivity index (χ2n) is 7.60. The lowest BCUT2D eigenvalue weighted by atomic mass is 10.2. The van der Waals surface area contributed by atoms with Crippen molar-refractivity contribution in [2.75, 3.05) is 5.75 Å². The molecule has 0 atom stereocenters. The monoisotopic (exact) mass is 409 g/mol. The van der Waals surface area contributed by atoms with Crippen LogP contribution >= 0.6 is 11.8 Å². The van der Waals surface area contributed by atoms with Crippen LogP contribution in [0.3, 0.4) is 0 Å². The van der Waals surface area contributed by atoms with Crippen molar-refractivity contribution in [1.82, 2.24) is 24.6 Å². The van der Waals surface area contributed by atoms with Crippen molar-refractivity contribution >= 4 is 17.7 Å². The van der Waals surface area contributed by atoms with Gasteiger partial charge in [-0.2, -0.15) is 0 Å². The van der Waals surface area contributed by atoms with Gasteiger partial charge in [-0.15, -0.1) is 10.2 Å². The minimum atomic E-state index is 0.0835. The highest BCUT2D eigenvalue weighted by atomic mass is 32.2. The van der Waals surface area contributed by atoms with Crippen LogP contribution < -0.4 is 5.32 Å². The minimum absolute atomic E-state index is 0.0835. The molecule has 7 heteroatoms. The molecule has 3 aromatic rings. The van der Waals surface area contributed by atoms with Gasteiger partial charge in [-0.3, -0.25) is 4.79 Å². The first kappa shape index (κ1) is 19.8. The van der Waals surface area contributed by atoms with Gasteiger partial charge in [-0.25, -0.2) is 0 Å². The first-order valence-corrected chi connectivity index (χ1v) is 11.2. The quantitative estimate of drug-likeness (QED) is 0.579. The number of hydrogen-bond donors (Lipinski definition) is 1. The standard InChI is InChI=1S/C22H27N5OS/c1-26-13-7-12-19(26)14-20-24-25-22(27(20)15-17-8-3-2-4-9-17)29-16-21(28)23-18-10-5-6-11-18/h2-4,7-9,12-13,18H,5-6,10-11,14-16H2,1H3,(H,23,28). The van der Waals surface area contributed by atoms with Gasteiger partial charge in [0, 0.05) is 31.4 Å². The van der Waals surface area contributed by atoms with E-state index in [2.05, 4.69) is 42.8 Å². The lowest BCUT2D eigenvalue weighted by Gasteiger charge is -2.13. The number of thioether (sulfide) groups is 1. The Morgan fingerprint density at radius 1 is 1.14 bits per heavy atom. The maximum Gasteiger partial charge on any atom is 0.230 e. The molecular weight excluding hydrogens is 382 g/mol. The van der Waals surface area contributed by atoms with Gasteiger partial charge >= 0.3 is 0 Å². The normalized spacial score (nSPS) is 14.4.